The quantitative estimate of drug-likeness (QED) is 0.122. The zero-order chi connectivity index (χ0) is 45.6. The Morgan fingerprint density at radius 2 is 0.661 bits per heavy atom. The Morgan fingerprint density at radius 3 is 0.935 bits per heavy atom. The molecule has 2 heteroatoms. The van der Waals surface area contributed by atoms with Crippen LogP contribution < -0.4 is 4.12 Å². The normalized spacial score (nSPS) is 12.4. The van der Waals surface area contributed by atoms with Crippen molar-refractivity contribution >= 4 is 27.0 Å². The average molecular weight is 879 g/mol. The Morgan fingerprint density at radius 1 is 0.387 bits per heavy atom. The molecule has 322 valence electrons. The summed E-state index contributed by atoms with van der Waals surface area (Å²) in [4.78, 5) is 0. The second-order valence-electron chi connectivity index (χ2n) is 21.4. The fourth-order valence-electron chi connectivity index (χ4n) is 9.72. The minimum atomic E-state index is -1.59. The number of hydrogen-bond donors (Lipinski definition) is 0. The summed E-state index contributed by atoms with van der Waals surface area (Å²) in [5.41, 5.74) is 25.6. The maximum absolute atomic E-state index is 6.16. The van der Waals surface area contributed by atoms with Crippen LogP contribution in [0.3, 0.4) is 0 Å². The molecule has 0 spiro atoms. The summed E-state index contributed by atoms with van der Waals surface area (Å²) < 4.78 is 7.62. The Labute approximate surface area is 384 Å². The van der Waals surface area contributed by atoms with Gasteiger partial charge >= 0.3 is 387 Å². The van der Waals surface area contributed by atoms with E-state index in [1.54, 1.807) is 0 Å². The van der Waals surface area contributed by atoms with E-state index in [4.69, 9.17) is 3.65 Å². The van der Waals surface area contributed by atoms with Crippen LogP contribution in [0.1, 0.15) is 176 Å². The van der Waals surface area contributed by atoms with Crippen molar-refractivity contribution in [2.45, 2.75) is 159 Å². The van der Waals surface area contributed by atoms with Crippen molar-refractivity contribution in [3.8, 4) is 44.5 Å². The molecular weight excluding hydrogens is 804 g/mol. The average Bonchev–Trinajstić information content (AvgIpc) is 3.18. The predicted molar refractivity (Wildman–Crippen MR) is 275 cm³/mol. The second-order valence-corrected chi connectivity index (χ2v) is 23.7. The summed E-state index contributed by atoms with van der Waals surface area (Å²) in [6.45, 7) is 42.0. The van der Waals surface area contributed by atoms with E-state index in [1.165, 1.54) is 104 Å². The third-order valence-electron chi connectivity index (χ3n) is 13.1. The molecule has 0 atom stereocenters. The van der Waals surface area contributed by atoms with E-state index in [9.17, 15) is 0 Å². The zero-order valence-corrected chi connectivity index (χ0v) is 44.0. The van der Waals surface area contributed by atoms with Crippen LogP contribution in [0.4, 0.5) is 5.69 Å². The molecule has 0 aliphatic rings. The van der Waals surface area contributed by atoms with Gasteiger partial charge < -0.3 is 0 Å². The van der Waals surface area contributed by atoms with Gasteiger partial charge in [-0.25, -0.2) is 0 Å². The van der Waals surface area contributed by atoms with Crippen molar-refractivity contribution in [2.75, 3.05) is 0 Å². The Kier molecular flexibility index (Phi) is 14.1. The van der Waals surface area contributed by atoms with Crippen molar-refractivity contribution in [3.63, 3.8) is 0 Å². The summed E-state index contributed by atoms with van der Waals surface area (Å²) in [6, 6.07) is 37.9. The molecule has 0 aromatic heterocycles. The first kappa shape index (κ1) is 47.2. The molecule has 0 aliphatic heterocycles. The van der Waals surface area contributed by atoms with Crippen LogP contribution in [0.25, 0.3) is 44.5 Å². The van der Waals surface area contributed by atoms with Crippen LogP contribution in [0, 0.1) is 27.7 Å². The fourth-order valence-corrected chi connectivity index (χ4v) is 12.4. The monoisotopic (exact) mass is 878 g/mol. The molecule has 0 amide bonds. The molecule has 6 aromatic carbocycles. The van der Waals surface area contributed by atoms with Gasteiger partial charge in [0.15, 0.2) is 0 Å². The standard InChI is InChI=1S/C30H37N.C30H37.Ga/c1-18-14-22(29(5,6)7)15-19(2)26(18)24-12-11-13-25(28(24)31)27-20(3)16-23(17-21(27)4)30(8,9)10;1-19(2)25-14-10-15-26(20(3)4)29(25)23-12-9-13-24(18-23)30-27(21(5)6)16-11-17-28(30)22(7)8;/h11-17H,1-10H3;9-17,19-22H,1-8H3;. The summed E-state index contributed by atoms with van der Waals surface area (Å²) in [5, 5.41) is 0. The molecule has 62 heavy (non-hydrogen) atoms. The number of hydrogen-bond acceptors (Lipinski definition) is 1. The van der Waals surface area contributed by atoms with Crippen LogP contribution in [-0.4, -0.2) is 17.2 Å². The summed E-state index contributed by atoms with van der Waals surface area (Å²) in [5.74, 6) is 1.52. The van der Waals surface area contributed by atoms with Crippen molar-refractivity contribution in [1.82, 2.24) is 0 Å². The van der Waals surface area contributed by atoms with Crippen LogP contribution >= 0.6 is 0 Å². The molecule has 6 aromatic rings. The van der Waals surface area contributed by atoms with Crippen molar-refractivity contribution in [3.05, 3.63) is 153 Å². The molecule has 0 N–H and O–H groups in total. The molecule has 0 fully saturated rings. The van der Waals surface area contributed by atoms with Gasteiger partial charge in [0.1, 0.15) is 0 Å². The summed E-state index contributed by atoms with van der Waals surface area (Å²) >= 11 is -1.59. The van der Waals surface area contributed by atoms with E-state index < -0.39 is 17.2 Å². The fraction of sp³-hybridized carbons (Fsp3) is 0.400. The van der Waals surface area contributed by atoms with Gasteiger partial charge in [-0.3, -0.25) is 0 Å². The van der Waals surface area contributed by atoms with E-state index in [1.807, 2.05) is 0 Å². The zero-order valence-electron chi connectivity index (χ0n) is 41.6. The van der Waals surface area contributed by atoms with Gasteiger partial charge in [-0.2, -0.15) is 0 Å². The van der Waals surface area contributed by atoms with Gasteiger partial charge in [0.25, 0.3) is 0 Å². The Balaban J connectivity index is 1.80. The van der Waals surface area contributed by atoms with Gasteiger partial charge in [0.05, 0.1) is 0 Å². The van der Waals surface area contributed by atoms with Gasteiger partial charge in [-0.1, -0.05) is 0 Å². The Hall–Kier alpha value is -4.24. The van der Waals surface area contributed by atoms with E-state index in [0.29, 0.717) is 23.7 Å². The van der Waals surface area contributed by atoms with Crippen molar-refractivity contribution in [1.29, 1.82) is 0 Å². The first-order chi connectivity index (χ1) is 29.0. The second kappa shape index (κ2) is 18.5. The Bertz CT molecular complexity index is 2360. The maximum atomic E-state index is 6.16. The third kappa shape index (κ3) is 9.49. The number of aryl methyl sites for hydroxylation is 4. The first-order valence-corrected chi connectivity index (χ1v) is 25.6. The molecule has 0 heterocycles. The van der Waals surface area contributed by atoms with Crippen LogP contribution in [0.15, 0.2) is 101 Å². The minimum absolute atomic E-state index is 0.0578. The van der Waals surface area contributed by atoms with Gasteiger partial charge in [-0.05, 0) is 0 Å². The van der Waals surface area contributed by atoms with E-state index in [-0.39, 0.29) is 10.8 Å². The molecule has 0 unspecified atom stereocenters. The van der Waals surface area contributed by atoms with Crippen LogP contribution in [0.2, 0.25) is 0 Å². The molecule has 0 bridgehead atoms. The summed E-state index contributed by atoms with van der Waals surface area (Å²) in [6.07, 6.45) is 0. The van der Waals surface area contributed by atoms with Gasteiger partial charge in [-0.15, -0.1) is 0 Å². The predicted octanol–water partition coefficient (Wildman–Crippen LogP) is 17.5. The van der Waals surface area contributed by atoms with Crippen LogP contribution in [0.5, 0.6) is 0 Å². The SMILES string of the molecule is Cc1cc(C(C)(C)C)cc(C)c1-c1cccc(-c2c(C)cc(C(C)(C)C)cc2C)c1[N]=[Ga][c]1c(-c2c(C(C)C)cccc2C(C)C)cccc1-c1c(C(C)C)cccc1C(C)C. The third-order valence-corrected chi connectivity index (χ3v) is 15.7. The van der Waals surface area contributed by atoms with E-state index >= 15 is 0 Å². The van der Waals surface area contributed by atoms with Gasteiger partial charge in [0, 0.05) is 0 Å². The molecule has 0 aliphatic carbocycles. The molecule has 0 radical (unpaired) electrons. The van der Waals surface area contributed by atoms with Crippen LogP contribution in [-0.2, 0) is 10.8 Å². The van der Waals surface area contributed by atoms with Crippen molar-refractivity contribution < 1.29 is 0 Å². The molecule has 0 saturated carbocycles. The summed E-state index contributed by atoms with van der Waals surface area (Å²) in [7, 11) is 0. The number of nitrogens with zero attached hydrogens (tertiary/aromatic N) is 1. The van der Waals surface area contributed by atoms with E-state index in [0.717, 1.165) is 5.69 Å². The van der Waals surface area contributed by atoms with E-state index in [2.05, 4.69) is 222 Å². The van der Waals surface area contributed by atoms with Crippen molar-refractivity contribution in [2.24, 2.45) is 3.65 Å². The topological polar surface area (TPSA) is 12.4 Å². The molecule has 6 rings (SSSR count). The molecule has 0 saturated heterocycles. The molecular formula is C60H74GaN. The van der Waals surface area contributed by atoms with Gasteiger partial charge in [0.2, 0.25) is 0 Å². The number of rotatable bonds is 10. The molecule has 1 nitrogen and oxygen atoms in total. The first-order valence-electron chi connectivity index (χ1n) is 23.3. The number of benzene rings is 6.